The normalized spacial score (nSPS) is 10.7. The number of hydrogen-bond acceptors (Lipinski definition) is 5. The molecular formula is C15H21ClN4S. The fourth-order valence-corrected chi connectivity index (χ4v) is 3.29. The first kappa shape index (κ1) is 16.0. The third-order valence-corrected chi connectivity index (χ3v) is 4.37. The average Bonchev–Trinajstić information content (AvgIpc) is 2.84. The zero-order valence-electron chi connectivity index (χ0n) is 12.9. The van der Waals surface area contributed by atoms with Gasteiger partial charge in [-0.1, -0.05) is 18.5 Å². The van der Waals surface area contributed by atoms with E-state index in [1.54, 1.807) is 11.3 Å². The number of rotatable bonds is 6. The highest BCUT2D eigenvalue weighted by molar-refractivity contribution is 7.16. The van der Waals surface area contributed by atoms with Crippen LogP contribution in [0, 0.1) is 13.8 Å². The largest absolute Gasteiger partial charge is 0.370 e. The van der Waals surface area contributed by atoms with Crippen LogP contribution in [0.4, 0.5) is 11.6 Å². The van der Waals surface area contributed by atoms with Crippen molar-refractivity contribution in [2.24, 2.45) is 0 Å². The number of nitrogens with one attached hydrogen (secondary N) is 1. The molecule has 4 nitrogen and oxygen atoms in total. The lowest BCUT2D eigenvalue weighted by molar-refractivity contribution is 0.875. The van der Waals surface area contributed by atoms with Crippen LogP contribution in [-0.4, -0.2) is 23.6 Å². The van der Waals surface area contributed by atoms with Gasteiger partial charge in [0.2, 0.25) is 0 Å². The molecule has 2 aromatic rings. The van der Waals surface area contributed by atoms with Crippen molar-refractivity contribution >= 4 is 34.6 Å². The molecule has 0 aliphatic carbocycles. The first-order valence-corrected chi connectivity index (χ1v) is 8.25. The summed E-state index contributed by atoms with van der Waals surface area (Å²) in [6.07, 6.45) is 1.07. The standard InChI is InChI=1S/C15H21ClN4S/c1-5-8-17-14-10(2)15(19-11(3)18-14)20(4)9-12-6-7-13(16)21-12/h6-7H,5,8-9H2,1-4H3,(H,17,18,19). The van der Waals surface area contributed by atoms with Gasteiger partial charge in [-0.15, -0.1) is 11.3 Å². The van der Waals surface area contributed by atoms with Gasteiger partial charge in [0.1, 0.15) is 17.5 Å². The van der Waals surface area contributed by atoms with E-state index in [1.165, 1.54) is 4.88 Å². The molecule has 0 amide bonds. The van der Waals surface area contributed by atoms with Crippen molar-refractivity contribution in [3.63, 3.8) is 0 Å². The summed E-state index contributed by atoms with van der Waals surface area (Å²) >= 11 is 7.60. The number of nitrogens with zero attached hydrogens (tertiary/aromatic N) is 3. The van der Waals surface area contributed by atoms with Gasteiger partial charge in [-0.05, 0) is 32.4 Å². The highest BCUT2D eigenvalue weighted by atomic mass is 35.5. The van der Waals surface area contributed by atoms with Gasteiger partial charge in [-0.2, -0.15) is 0 Å². The van der Waals surface area contributed by atoms with Crippen LogP contribution < -0.4 is 10.2 Å². The summed E-state index contributed by atoms with van der Waals surface area (Å²) in [5.41, 5.74) is 1.08. The first-order chi connectivity index (χ1) is 10.0. The molecule has 1 N–H and O–H groups in total. The summed E-state index contributed by atoms with van der Waals surface area (Å²) in [6.45, 7) is 7.84. The Balaban J connectivity index is 2.23. The molecule has 0 aliphatic rings. The summed E-state index contributed by atoms with van der Waals surface area (Å²) in [5, 5.41) is 3.37. The first-order valence-electron chi connectivity index (χ1n) is 7.05. The molecule has 2 aromatic heterocycles. The van der Waals surface area contributed by atoms with Crippen LogP contribution in [0.5, 0.6) is 0 Å². The van der Waals surface area contributed by atoms with Gasteiger partial charge >= 0.3 is 0 Å². The van der Waals surface area contributed by atoms with Gasteiger partial charge in [0.15, 0.2) is 0 Å². The van der Waals surface area contributed by atoms with Crippen LogP contribution in [0.2, 0.25) is 4.34 Å². The third kappa shape index (κ3) is 4.08. The molecular weight excluding hydrogens is 304 g/mol. The van der Waals surface area contributed by atoms with E-state index in [4.69, 9.17) is 11.6 Å². The quantitative estimate of drug-likeness (QED) is 0.861. The number of halogens is 1. The lowest BCUT2D eigenvalue weighted by Gasteiger charge is -2.21. The van der Waals surface area contributed by atoms with E-state index >= 15 is 0 Å². The van der Waals surface area contributed by atoms with Crippen molar-refractivity contribution in [2.75, 3.05) is 23.8 Å². The van der Waals surface area contributed by atoms with Gasteiger partial charge in [-0.25, -0.2) is 9.97 Å². The van der Waals surface area contributed by atoms with Crippen LogP contribution in [0.15, 0.2) is 12.1 Å². The average molecular weight is 325 g/mol. The fourth-order valence-electron chi connectivity index (χ4n) is 2.15. The molecule has 0 aromatic carbocycles. The summed E-state index contributed by atoms with van der Waals surface area (Å²) in [5.74, 6) is 2.67. The van der Waals surface area contributed by atoms with Gasteiger partial charge in [0, 0.05) is 24.0 Å². The van der Waals surface area contributed by atoms with Crippen molar-refractivity contribution in [2.45, 2.75) is 33.7 Å². The Morgan fingerprint density at radius 2 is 2.05 bits per heavy atom. The Labute approximate surface area is 135 Å². The Bertz CT molecular complexity index is 612. The Hall–Kier alpha value is -1.33. The van der Waals surface area contributed by atoms with Crippen molar-refractivity contribution < 1.29 is 0 Å². The highest BCUT2D eigenvalue weighted by Gasteiger charge is 2.13. The Morgan fingerprint density at radius 3 is 2.67 bits per heavy atom. The molecule has 114 valence electrons. The number of aromatic nitrogens is 2. The van der Waals surface area contributed by atoms with Crippen molar-refractivity contribution in [3.05, 3.63) is 32.7 Å². The van der Waals surface area contributed by atoms with Crippen LogP contribution in [0.25, 0.3) is 0 Å². The van der Waals surface area contributed by atoms with E-state index in [2.05, 4.69) is 40.1 Å². The molecule has 0 atom stereocenters. The molecule has 0 radical (unpaired) electrons. The molecule has 0 saturated heterocycles. The van der Waals surface area contributed by atoms with Crippen LogP contribution in [0.3, 0.4) is 0 Å². The van der Waals surface area contributed by atoms with Gasteiger partial charge < -0.3 is 10.2 Å². The zero-order chi connectivity index (χ0) is 15.4. The maximum Gasteiger partial charge on any atom is 0.137 e. The van der Waals surface area contributed by atoms with E-state index in [1.807, 2.05) is 20.0 Å². The van der Waals surface area contributed by atoms with Crippen molar-refractivity contribution in [1.82, 2.24) is 9.97 Å². The molecule has 0 aliphatic heterocycles. The van der Waals surface area contributed by atoms with E-state index in [0.717, 1.165) is 46.9 Å². The molecule has 0 fully saturated rings. The molecule has 0 spiro atoms. The maximum atomic E-state index is 5.99. The third-order valence-electron chi connectivity index (χ3n) is 3.16. The van der Waals surface area contributed by atoms with Crippen LogP contribution >= 0.6 is 22.9 Å². The van der Waals surface area contributed by atoms with Crippen molar-refractivity contribution in [3.8, 4) is 0 Å². The SMILES string of the molecule is CCCNc1nc(C)nc(N(C)Cc2ccc(Cl)s2)c1C. The van der Waals surface area contributed by atoms with Gasteiger partial charge in [0.25, 0.3) is 0 Å². The molecule has 0 saturated carbocycles. The van der Waals surface area contributed by atoms with E-state index in [-0.39, 0.29) is 0 Å². The number of thiophene rings is 1. The van der Waals surface area contributed by atoms with Crippen LogP contribution in [0.1, 0.15) is 29.6 Å². The second-order valence-electron chi connectivity index (χ2n) is 5.06. The molecule has 0 unspecified atom stereocenters. The fraction of sp³-hybridized carbons (Fsp3) is 0.467. The predicted octanol–water partition coefficient (Wildman–Crippen LogP) is 4.27. The molecule has 0 bridgehead atoms. The lowest BCUT2D eigenvalue weighted by Crippen LogP contribution is -2.20. The molecule has 21 heavy (non-hydrogen) atoms. The summed E-state index contributed by atoms with van der Waals surface area (Å²) in [4.78, 5) is 12.5. The highest BCUT2D eigenvalue weighted by Crippen LogP contribution is 2.27. The van der Waals surface area contributed by atoms with E-state index < -0.39 is 0 Å². The van der Waals surface area contributed by atoms with Gasteiger partial charge in [0.05, 0.1) is 10.9 Å². The summed E-state index contributed by atoms with van der Waals surface area (Å²) in [6, 6.07) is 3.99. The molecule has 2 rings (SSSR count). The Kier molecular flexibility index (Phi) is 5.42. The predicted molar refractivity (Wildman–Crippen MR) is 91.7 cm³/mol. The zero-order valence-corrected chi connectivity index (χ0v) is 14.5. The summed E-state index contributed by atoms with van der Waals surface area (Å²) < 4.78 is 0.819. The molecule has 6 heteroatoms. The second kappa shape index (κ2) is 7.09. The monoisotopic (exact) mass is 324 g/mol. The maximum absolute atomic E-state index is 5.99. The summed E-state index contributed by atoms with van der Waals surface area (Å²) in [7, 11) is 2.05. The minimum absolute atomic E-state index is 0.783. The number of hydrogen-bond donors (Lipinski definition) is 1. The number of anilines is 2. The second-order valence-corrected chi connectivity index (χ2v) is 6.86. The minimum atomic E-state index is 0.783. The lowest BCUT2D eigenvalue weighted by atomic mass is 10.2. The van der Waals surface area contributed by atoms with E-state index in [0.29, 0.717) is 0 Å². The smallest absolute Gasteiger partial charge is 0.137 e. The Morgan fingerprint density at radius 1 is 1.29 bits per heavy atom. The minimum Gasteiger partial charge on any atom is -0.370 e. The van der Waals surface area contributed by atoms with Crippen LogP contribution in [-0.2, 0) is 6.54 Å². The van der Waals surface area contributed by atoms with E-state index in [9.17, 15) is 0 Å². The number of aryl methyl sites for hydroxylation is 1. The molecule has 2 heterocycles. The van der Waals surface area contributed by atoms with Gasteiger partial charge in [-0.3, -0.25) is 0 Å². The van der Waals surface area contributed by atoms with Crippen molar-refractivity contribution in [1.29, 1.82) is 0 Å². The topological polar surface area (TPSA) is 41.1 Å².